The van der Waals surface area contributed by atoms with Gasteiger partial charge in [-0.1, -0.05) is 47.5 Å². The number of hydrogen-bond donors (Lipinski definition) is 1. The fourth-order valence-corrected chi connectivity index (χ4v) is 5.25. The van der Waals surface area contributed by atoms with Gasteiger partial charge in [0.05, 0.1) is 4.90 Å². The van der Waals surface area contributed by atoms with Crippen LogP contribution in [0.15, 0.2) is 47.4 Å². The van der Waals surface area contributed by atoms with Crippen LogP contribution in [0, 0.1) is 0 Å². The van der Waals surface area contributed by atoms with Gasteiger partial charge >= 0.3 is 0 Å². The summed E-state index contributed by atoms with van der Waals surface area (Å²) >= 11 is 11.9. The molecule has 1 unspecified atom stereocenters. The van der Waals surface area contributed by atoms with E-state index in [-0.39, 0.29) is 27.4 Å². The molecule has 2 aromatic rings. The minimum absolute atomic E-state index is 0.0294. The first-order chi connectivity index (χ1) is 11.8. The van der Waals surface area contributed by atoms with E-state index in [0.29, 0.717) is 6.42 Å². The van der Waals surface area contributed by atoms with Gasteiger partial charge in [-0.2, -0.15) is 4.31 Å². The summed E-state index contributed by atoms with van der Waals surface area (Å²) in [4.78, 5) is 12.3. The minimum Gasteiger partial charge on any atom is -0.358 e. The molecule has 0 fully saturated rings. The number of halogens is 2. The Labute approximate surface area is 156 Å². The molecule has 0 aliphatic carbocycles. The number of carbonyl (C=O) groups is 1. The number of sulfonamides is 1. The average Bonchev–Trinajstić information content (AvgIpc) is 2.59. The van der Waals surface area contributed by atoms with Crippen molar-refractivity contribution in [3.05, 3.63) is 63.6 Å². The zero-order chi connectivity index (χ0) is 18.2. The molecule has 132 valence electrons. The van der Waals surface area contributed by atoms with Crippen molar-refractivity contribution in [1.82, 2.24) is 9.62 Å². The zero-order valence-electron chi connectivity index (χ0n) is 13.4. The van der Waals surface area contributed by atoms with Crippen LogP contribution in [0.1, 0.15) is 11.1 Å². The minimum atomic E-state index is -3.95. The summed E-state index contributed by atoms with van der Waals surface area (Å²) < 4.78 is 27.5. The lowest BCUT2D eigenvalue weighted by Gasteiger charge is -2.34. The normalized spacial score (nSPS) is 17.8. The number of likely N-dealkylation sites (N-methyl/N-ethyl adjacent to an activating group) is 1. The van der Waals surface area contributed by atoms with Crippen LogP contribution in [0.3, 0.4) is 0 Å². The average molecular weight is 399 g/mol. The fourth-order valence-electron chi connectivity index (χ4n) is 2.95. The van der Waals surface area contributed by atoms with Crippen molar-refractivity contribution in [1.29, 1.82) is 0 Å². The van der Waals surface area contributed by atoms with Crippen molar-refractivity contribution in [2.24, 2.45) is 0 Å². The molecule has 0 spiro atoms. The van der Waals surface area contributed by atoms with Gasteiger partial charge in [-0.05, 0) is 35.7 Å². The van der Waals surface area contributed by atoms with Gasteiger partial charge in [0.2, 0.25) is 15.9 Å². The molecule has 0 saturated heterocycles. The summed E-state index contributed by atoms with van der Waals surface area (Å²) in [7, 11) is -2.46. The van der Waals surface area contributed by atoms with E-state index in [0.717, 1.165) is 11.1 Å². The molecule has 8 heteroatoms. The maximum absolute atomic E-state index is 13.2. The standard InChI is InChI=1S/C17H16Cl2N2O3S/c1-20-17(22)16-6-11-4-2-3-5-12(11)10-21(16)25(23,24)15-8-13(18)7-14(19)9-15/h2-5,7-9,16H,6,10H2,1H3,(H,20,22). The van der Waals surface area contributed by atoms with Crippen LogP contribution in [0.2, 0.25) is 10.0 Å². The van der Waals surface area contributed by atoms with Crippen LogP contribution >= 0.6 is 23.2 Å². The van der Waals surface area contributed by atoms with Crippen molar-refractivity contribution < 1.29 is 13.2 Å². The van der Waals surface area contributed by atoms with Crippen molar-refractivity contribution >= 4 is 39.1 Å². The molecule has 2 aromatic carbocycles. The third kappa shape index (κ3) is 3.53. The number of carbonyl (C=O) groups excluding carboxylic acids is 1. The second kappa shape index (κ2) is 6.96. The number of rotatable bonds is 3. The molecular weight excluding hydrogens is 383 g/mol. The predicted octanol–water partition coefficient (Wildman–Crippen LogP) is 2.86. The lowest BCUT2D eigenvalue weighted by Crippen LogP contribution is -2.51. The first-order valence-electron chi connectivity index (χ1n) is 7.59. The lowest BCUT2D eigenvalue weighted by molar-refractivity contribution is -0.124. The smallest absolute Gasteiger partial charge is 0.244 e. The van der Waals surface area contributed by atoms with E-state index in [9.17, 15) is 13.2 Å². The molecule has 1 heterocycles. The molecule has 0 saturated carbocycles. The van der Waals surface area contributed by atoms with Gasteiger partial charge in [-0.3, -0.25) is 4.79 Å². The van der Waals surface area contributed by atoms with E-state index in [1.165, 1.54) is 29.6 Å². The number of amides is 1. The van der Waals surface area contributed by atoms with Crippen LogP contribution in [0.4, 0.5) is 0 Å². The fraction of sp³-hybridized carbons (Fsp3) is 0.235. The van der Waals surface area contributed by atoms with Crippen molar-refractivity contribution in [2.45, 2.75) is 23.9 Å². The molecule has 5 nitrogen and oxygen atoms in total. The van der Waals surface area contributed by atoms with Gasteiger partial charge in [0, 0.05) is 23.6 Å². The predicted molar refractivity (Wildman–Crippen MR) is 97.2 cm³/mol. The Morgan fingerprint density at radius 2 is 1.72 bits per heavy atom. The third-order valence-corrected chi connectivity index (χ3v) is 6.47. The SMILES string of the molecule is CNC(=O)C1Cc2ccccc2CN1S(=O)(=O)c1cc(Cl)cc(Cl)c1. The maximum Gasteiger partial charge on any atom is 0.244 e. The van der Waals surface area contributed by atoms with E-state index >= 15 is 0 Å². The molecule has 1 amide bonds. The lowest BCUT2D eigenvalue weighted by atomic mass is 9.95. The van der Waals surface area contributed by atoms with Gasteiger partial charge in [0.25, 0.3) is 0 Å². The van der Waals surface area contributed by atoms with Crippen molar-refractivity contribution in [2.75, 3.05) is 7.05 Å². The molecular formula is C17H16Cl2N2O3S. The second-order valence-corrected chi connectivity index (χ2v) is 8.52. The Kier molecular flexibility index (Phi) is 5.06. The quantitative estimate of drug-likeness (QED) is 0.863. The van der Waals surface area contributed by atoms with E-state index in [1.807, 2.05) is 24.3 Å². The first kappa shape index (κ1) is 18.2. The Hall–Kier alpha value is -1.60. The summed E-state index contributed by atoms with van der Waals surface area (Å²) in [6, 6.07) is 10.8. The molecule has 0 radical (unpaired) electrons. The van der Waals surface area contributed by atoms with Crippen molar-refractivity contribution in [3.63, 3.8) is 0 Å². The summed E-state index contributed by atoms with van der Waals surface area (Å²) in [5.41, 5.74) is 1.84. The van der Waals surface area contributed by atoms with Gasteiger partial charge < -0.3 is 5.32 Å². The Morgan fingerprint density at radius 3 is 2.32 bits per heavy atom. The number of fused-ring (bicyclic) bond motifs is 1. The van der Waals surface area contributed by atoms with E-state index in [2.05, 4.69) is 5.32 Å². The maximum atomic E-state index is 13.2. The molecule has 0 aromatic heterocycles. The summed E-state index contributed by atoms with van der Waals surface area (Å²) in [5, 5.41) is 2.99. The number of benzene rings is 2. The van der Waals surface area contributed by atoms with Gasteiger partial charge in [0.15, 0.2) is 0 Å². The summed E-state index contributed by atoms with van der Waals surface area (Å²) in [6.45, 7) is 0.112. The van der Waals surface area contributed by atoms with E-state index in [1.54, 1.807) is 0 Å². The Morgan fingerprint density at radius 1 is 1.12 bits per heavy atom. The van der Waals surface area contributed by atoms with E-state index in [4.69, 9.17) is 23.2 Å². The van der Waals surface area contributed by atoms with Gasteiger partial charge in [0.1, 0.15) is 6.04 Å². The zero-order valence-corrected chi connectivity index (χ0v) is 15.7. The third-order valence-electron chi connectivity index (χ3n) is 4.20. The van der Waals surface area contributed by atoms with Crippen LogP contribution in [-0.4, -0.2) is 31.7 Å². The Bertz CT molecular complexity index is 911. The molecule has 1 N–H and O–H groups in total. The molecule has 25 heavy (non-hydrogen) atoms. The molecule has 0 bridgehead atoms. The number of hydrogen-bond acceptors (Lipinski definition) is 3. The highest BCUT2D eigenvalue weighted by molar-refractivity contribution is 7.89. The Balaban J connectivity index is 2.09. The summed E-state index contributed by atoms with van der Waals surface area (Å²) in [6.07, 6.45) is 0.309. The summed E-state index contributed by atoms with van der Waals surface area (Å²) in [5.74, 6) is -0.355. The van der Waals surface area contributed by atoms with Crippen LogP contribution in [0.25, 0.3) is 0 Å². The van der Waals surface area contributed by atoms with Crippen molar-refractivity contribution in [3.8, 4) is 0 Å². The number of nitrogens with zero attached hydrogens (tertiary/aromatic N) is 1. The second-order valence-electron chi connectivity index (χ2n) is 5.76. The molecule has 1 aliphatic heterocycles. The number of nitrogens with one attached hydrogen (secondary N) is 1. The largest absolute Gasteiger partial charge is 0.358 e. The topological polar surface area (TPSA) is 66.5 Å². The highest BCUT2D eigenvalue weighted by atomic mass is 35.5. The van der Waals surface area contributed by atoms with E-state index < -0.39 is 16.1 Å². The van der Waals surface area contributed by atoms with Crippen LogP contribution < -0.4 is 5.32 Å². The highest BCUT2D eigenvalue weighted by Gasteiger charge is 2.39. The molecule has 3 rings (SSSR count). The van der Waals surface area contributed by atoms with Gasteiger partial charge in [-0.15, -0.1) is 0 Å². The van der Waals surface area contributed by atoms with Crippen LogP contribution in [0.5, 0.6) is 0 Å². The van der Waals surface area contributed by atoms with Crippen LogP contribution in [-0.2, 0) is 27.8 Å². The van der Waals surface area contributed by atoms with Gasteiger partial charge in [-0.25, -0.2) is 8.42 Å². The molecule has 1 atom stereocenters. The monoisotopic (exact) mass is 398 g/mol. The first-order valence-corrected chi connectivity index (χ1v) is 9.79. The highest BCUT2D eigenvalue weighted by Crippen LogP contribution is 2.31. The molecule has 1 aliphatic rings.